The fraction of sp³-hybridized carbons (Fsp3) is 0.455. The minimum atomic E-state index is -0.187. The van der Waals surface area contributed by atoms with Crippen molar-refractivity contribution in [1.29, 1.82) is 0 Å². The molecule has 2 N–H and O–H groups in total. The summed E-state index contributed by atoms with van der Waals surface area (Å²) in [5.74, 6) is -0.187. The Kier molecular flexibility index (Phi) is 3.90. The van der Waals surface area contributed by atoms with Gasteiger partial charge in [0.15, 0.2) is 0 Å². The zero-order valence-electron chi connectivity index (χ0n) is 7.96. The number of benzene rings is 1. The molecule has 2 heteroatoms. The van der Waals surface area contributed by atoms with Crippen molar-refractivity contribution < 1.29 is 4.39 Å². The van der Waals surface area contributed by atoms with Gasteiger partial charge in [-0.3, -0.25) is 0 Å². The van der Waals surface area contributed by atoms with E-state index in [1.165, 1.54) is 12.1 Å². The molecule has 1 aromatic carbocycles. The molecule has 0 radical (unpaired) electrons. The van der Waals surface area contributed by atoms with E-state index < -0.39 is 0 Å². The molecule has 0 aliphatic carbocycles. The van der Waals surface area contributed by atoms with E-state index in [4.69, 9.17) is 5.73 Å². The van der Waals surface area contributed by atoms with Gasteiger partial charge in [0.1, 0.15) is 5.82 Å². The van der Waals surface area contributed by atoms with Crippen molar-refractivity contribution in [1.82, 2.24) is 0 Å². The van der Waals surface area contributed by atoms with Crippen molar-refractivity contribution >= 4 is 0 Å². The zero-order chi connectivity index (χ0) is 9.68. The molecule has 1 atom stereocenters. The lowest BCUT2D eigenvalue weighted by Crippen LogP contribution is -2.22. The first-order chi connectivity index (χ1) is 6.22. The summed E-state index contributed by atoms with van der Waals surface area (Å²) in [4.78, 5) is 0. The summed E-state index contributed by atoms with van der Waals surface area (Å²) in [7, 11) is 0. The van der Waals surface area contributed by atoms with E-state index in [1.807, 2.05) is 0 Å². The van der Waals surface area contributed by atoms with Gasteiger partial charge in [-0.25, -0.2) is 4.39 Å². The highest BCUT2D eigenvalue weighted by Gasteiger charge is 2.02. The monoisotopic (exact) mass is 181 g/mol. The molecule has 1 rings (SSSR count). The summed E-state index contributed by atoms with van der Waals surface area (Å²) in [6.45, 7) is 2.12. The predicted molar refractivity (Wildman–Crippen MR) is 53.0 cm³/mol. The second-order valence-corrected chi connectivity index (χ2v) is 3.38. The second-order valence-electron chi connectivity index (χ2n) is 3.38. The second kappa shape index (κ2) is 4.97. The summed E-state index contributed by atoms with van der Waals surface area (Å²) in [5, 5.41) is 0. The first-order valence-electron chi connectivity index (χ1n) is 4.72. The molecule has 0 aliphatic heterocycles. The van der Waals surface area contributed by atoms with Gasteiger partial charge in [-0.05, 0) is 30.5 Å². The average molecular weight is 181 g/mol. The van der Waals surface area contributed by atoms with Crippen LogP contribution < -0.4 is 5.73 Å². The Balaban J connectivity index is 2.49. The molecule has 0 fully saturated rings. The van der Waals surface area contributed by atoms with Crippen molar-refractivity contribution in [3.63, 3.8) is 0 Å². The van der Waals surface area contributed by atoms with E-state index >= 15 is 0 Å². The summed E-state index contributed by atoms with van der Waals surface area (Å²) >= 11 is 0. The van der Waals surface area contributed by atoms with Crippen molar-refractivity contribution in [2.45, 2.75) is 32.2 Å². The Bertz CT molecular complexity index is 243. The van der Waals surface area contributed by atoms with Gasteiger partial charge in [-0.2, -0.15) is 0 Å². The molecule has 1 nitrogen and oxygen atoms in total. The summed E-state index contributed by atoms with van der Waals surface area (Å²) in [5.41, 5.74) is 6.97. The van der Waals surface area contributed by atoms with Crippen LogP contribution in [0.4, 0.5) is 4.39 Å². The van der Waals surface area contributed by atoms with E-state index in [0.29, 0.717) is 0 Å². The molecule has 72 valence electrons. The van der Waals surface area contributed by atoms with Gasteiger partial charge in [0.25, 0.3) is 0 Å². The topological polar surface area (TPSA) is 26.0 Å². The molecule has 0 bridgehead atoms. The molecule has 0 heterocycles. The molecule has 0 spiro atoms. The van der Waals surface area contributed by atoms with Crippen molar-refractivity contribution in [2.75, 3.05) is 0 Å². The first-order valence-corrected chi connectivity index (χ1v) is 4.72. The Morgan fingerprint density at radius 1 is 1.31 bits per heavy atom. The maximum absolute atomic E-state index is 12.5. The van der Waals surface area contributed by atoms with E-state index in [9.17, 15) is 4.39 Å². The third-order valence-corrected chi connectivity index (χ3v) is 2.07. The van der Waals surface area contributed by atoms with Gasteiger partial charge >= 0.3 is 0 Å². The van der Waals surface area contributed by atoms with E-state index in [1.54, 1.807) is 12.1 Å². The minimum Gasteiger partial charge on any atom is -0.327 e. The zero-order valence-corrected chi connectivity index (χ0v) is 7.96. The van der Waals surface area contributed by atoms with Crippen molar-refractivity contribution in [3.8, 4) is 0 Å². The Labute approximate surface area is 78.8 Å². The fourth-order valence-corrected chi connectivity index (χ4v) is 1.40. The van der Waals surface area contributed by atoms with Crippen molar-refractivity contribution in [3.05, 3.63) is 35.6 Å². The fourth-order valence-electron chi connectivity index (χ4n) is 1.40. The smallest absolute Gasteiger partial charge is 0.123 e. The van der Waals surface area contributed by atoms with Crippen LogP contribution in [-0.2, 0) is 6.42 Å². The van der Waals surface area contributed by atoms with Crippen LogP contribution in [0.5, 0.6) is 0 Å². The Morgan fingerprint density at radius 2 is 1.92 bits per heavy atom. The quantitative estimate of drug-likeness (QED) is 0.758. The Morgan fingerprint density at radius 3 is 2.46 bits per heavy atom. The predicted octanol–water partition coefficient (Wildman–Crippen LogP) is 2.50. The maximum Gasteiger partial charge on any atom is 0.123 e. The first kappa shape index (κ1) is 10.2. The van der Waals surface area contributed by atoms with Gasteiger partial charge in [-0.1, -0.05) is 25.5 Å². The van der Waals surface area contributed by atoms with E-state index in [0.717, 1.165) is 24.8 Å². The summed E-state index contributed by atoms with van der Waals surface area (Å²) in [6, 6.07) is 6.76. The summed E-state index contributed by atoms with van der Waals surface area (Å²) < 4.78 is 12.5. The lowest BCUT2D eigenvalue weighted by Gasteiger charge is -2.09. The number of nitrogens with two attached hydrogens (primary N) is 1. The van der Waals surface area contributed by atoms with Gasteiger partial charge < -0.3 is 5.73 Å². The largest absolute Gasteiger partial charge is 0.327 e. The normalized spacial score (nSPS) is 12.8. The molecular formula is C11H16FN. The standard InChI is InChI=1S/C11H16FN/c1-2-3-11(13)8-9-4-6-10(12)7-5-9/h4-7,11H,2-3,8,13H2,1H3/t11-/m1/s1. The van der Waals surface area contributed by atoms with Gasteiger partial charge in [0.2, 0.25) is 0 Å². The highest BCUT2D eigenvalue weighted by atomic mass is 19.1. The third-order valence-electron chi connectivity index (χ3n) is 2.07. The van der Waals surface area contributed by atoms with Crippen LogP contribution in [-0.4, -0.2) is 6.04 Å². The van der Waals surface area contributed by atoms with Crippen LogP contribution >= 0.6 is 0 Å². The van der Waals surface area contributed by atoms with Crippen LogP contribution in [0.25, 0.3) is 0 Å². The molecule has 1 aromatic rings. The van der Waals surface area contributed by atoms with Crippen LogP contribution in [0.3, 0.4) is 0 Å². The molecule has 0 saturated carbocycles. The number of rotatable bonds is 4. The number of hydrogen-bond donors (Lipinski definition) is 1. The van der Waals surface area contributed by atoms with Crippen molar-refractivity contribution in [2.24, 2.45) is 5.73 Å². The highest BCUT2D eigenvalue weighted by Crippen LogP contribution is 2.07. The molecule has 0 amide bonds. The lowest BCUT2D eigenvalue weighted by atomic mass is 10.0. The number of halogens is 1. The molecule has 13 heavy (non-hydrogen) atoms. The van der Waals surface area contributed by atoms with Crippen LogP contribution in [0.1, 0.15) is 25.3 Å². The highest BCUT2D eigenvalue weighted by molar-refractivity contribution is 5.16. The van der Waals surface area contributed by atoms with E-state index in [-0.39, 0.29) is 11.9 Å². The molecule has 0 aliphatic rings. The molecule has 0 unspecified atom stereocenters. The summed E-state index contributed by atoms with van der Waals surface area (Å²) in [6.07, 6.45) is 2.97. The third kappa shape index (κ3) is 3.55. The van der Waals surface area contributed by atoms with E-state index in [2.05, 4.69) is 6.92 Å². The minimum absolute atomic E-state index is 0.187. The maximum atomic E-state index is 12.5. The lowest BCUT2D eigenvalue weighted by molar-refractivity contribution is 0.596. The molecule has 0 aromatic heterocycles. The van der Waals surface area contributed by atoms with Gasteiger partial charge in [-0.15, -0.1) is 0 Å². The Hall–Kier alpha value is -0.890. The van der Waals surface area contributed by atoms with Crippen LogP contribution in [0.15, 0.2) is 24.3 Å². The van der Waals surface area contributed by atoms with Crippen LogP contribution in [0, 0.1) is 5.82 Å². The SMILES string of the molecule is CCC[C@@H](N)Cc1ccc(F)cc1. The van der Waals surface area contributed by atoms with Gasteiger partial charge in [0.05, 0.1) is 0 Å². The van der Waals surface area contributed by atoms with Gasteiger partial charge in [0, 0.05) is 6.04 Å². The average Bonchev–Trinajstić information content (AvgIpc) is 2.09. The number of hydrogen-bond acceptors (Lipinski definition) is 1. The van der Waals surface area contributed by atoms with Crippen LogP contribution in [0.2, 0.25) is 0 Å². The molecule has 0 saturated heterocycles. The molecular weight excluding hydrogens is 165 g/mol.